The zero-order valence-corrected chi connectivity index (χ0v) is 7.66. The second kappa shape index (κ2) is 4.41. The van der Waals surface area contributed by atoms with E-state index in [0.717, 1.165) is 5.56 Å². The van der Waals surface area contributed by atoms with Crippen LogP contribution in [0.3, 0.4) is 0 Å². The first kappa shape index (κ1) is 9.46. The van der Waals surface area contributed by atoms with Gasteiger partial charge >= 0.3 is 0 Å². The zero-order valence-electron chi connectivity index (χ0n) is 7.66. The van der Waals surface area contributed by atoms with Crippen LogP contribution in [0, 0.1) is 0 Å². The van der Waals surface area contributed by atoms with Gasteiger partial charge in [0.05, 0.1) is 0 Å². The maximum atomic E-state index is 11.1. The lowest BCUT2D eigenvalue weighted by atomic mass is 10.1. The Kier molecular flexibility index (Phi) is 3.21. The number of allylic oxidation sites excluding steroid dienone is 2. The molecule has 0 saturated heterocycles. The largest absolute Gasteiger partial charge is 0.290 e. The van der Waals surface area contributed by atoms with E-state index in [1.165, 1.54) is 6.08 Å². The van der Waals surface area contributed by atoms with Gasteiger partial charge in [-0.15, -0.1) is 0 Å². The highest BCUT2D eigenvalue weighted by Crippen LogP contribution is 2.02. The minimum atomic E-state index is -0.0242. The molecule has 1 aromatic rings. The fourth-order valence-corrected chi connectivity index (χ4v) is 0.878. The topological polar surface area (TPSA) is 17.1 Å². The molecule has 0 aromatic heterocycles. The van der Waals surface area contributed by atoms with Crippen molar-refractivity contribution in [2.24, 2.45) is 0 Å². The van der Waals surface area contributed by atoms with Gasteiger partial charge in [0.2, 0.25) is 0 Å². The molecule has 0 unspecified atom stereocenters. The first-order valence-electron chi connectivity index (χ1n) is 4.13. The van der Waals surface area contributed by atoms with Crippen LogP contribution in [0.1, 0.15) is 12.5 Å². The van der Waals surface area contributed by atoms with Gasteiger partial charge in [0.15, 0.2) is 5.78 Å². The first-order valence-corrected chi connectivity index (χ1v) is 4.13. The van der Waals surface area contributed by atoms with E-state index < -0.39 is 0 Å². The zero-order chi connectivity index (χ0) is 9.68. The second-order valence-corrected chi connectivity index (χ2v) is 2.89. The van der Waals surface area contributed by atoms with Crippen molar-refractivity contribution in [3.8, 4) is 0 Å². The first-order chi connectivity index (χ1) is 6.20. The van der Waals surface area contributed by atoms with Gasteiger partial charge in [-0.2, -0.15) is 0 Å². The lowest BCUT2D eigenvalue weighted by Gasteiger charge is -1.91. The predicted octanol–water partition coefficient (Wildman–Crippen LogP) is 2.85. The summed E-state index contributed by atoms with van der Waals surface area (Å²) in [7, 11) is 0. The van der Waals surface area contributed by atoms with Gasteiger partial charge in [-0.3, -0.25) is 4.79 Å². The number of rotatable bonds is 3. The van der Waals surface area contributed by atoms with Crippen LogP contribution in [0.15, 0.2) is 48.6 Å². The van der Waals surface area contributed by atoms with Crippen LogP contribution in [0.2, 0.25) is 0 Å². The Bertz CT molecular complexity index is 333. The van der Waals surface area contributed by atoms with Crippen LogP contribution in [0.4, 0.5) is 0 Å². The number of carbonyl (C=O) groups is 1. The molecule has 1 aromatic carbocycles. The molecule has 0 aliphatic carbocycles. The molecule has 66 valence electrons. The van der Waals surface area contributed by atoms with E-state index in [1.54, 1.807) is 13.0 Å². The third-order valence-electron chi connectivity index (χ3n) is 1.65. The van der Waals surface area contributed by atoms with Crippen LogP contribution in [-0.2, 0) is 4.79 Å². The lowest BCUT2D eigenvalue weighted by Crippen LogP contribution is -1.91. The highest BCUT2D eigenvalue weighted by molar-refractivity contribution is 6.05. The summed E-state index contributed by atoms with van der Waals surface area (Å²) in [6, 6.07) is 9.71. The summed E-state index contributed by atoms with van der Waals surface area (Å²) in [6.45, 7) is 5.27. The molecule has 13 heavy (non-hydrogen) atoms. The molecule has 1 nitrogen and oxygen atoms in total. The number of hydrogen-bond acceptors (Lipinski definition) is 1. The maximum Gasteiger partial charge on any atom is 0.180 e. The van der Waals surface area contributed by atoms with Gasteiger partial charge in [-0.05, 0) is 24.1 Å². The number of hydrogen-bond donors (Lipinski definition) is 0. The van der Waals surface area contributed by atoms with E-state index >= 15 is 0 Å². The summed E-state index contributed by atoms with van der Waals surface area (Å²) in [5.74, 6) is -0.0242. The van der Waals surface area contributed by atoms with Crippen molar-refractivity contribution in [3.05, 3.63) is 54.1 Å². The Morgan fingerprint density at radius 1 is 1.31 bits per heavy atom. The minimum Gasteiger partial charge on any atom is -0.290 e. The molecule has 0 heterocycles. The van der Waals surface area contributed by atoms with E-state index in [0.29, 0.717) is 5.57 Å². The number of ketones is 1. The maximum absolute atomic E-state index is 11.1. The number of carbonyl (C=O) groups excluding carboxylic acids is 1. The third-order valence-corrected chi connectivity index (χ3v) is 1.65. The van der Waals surface area contributed by atoms with Crippen LogP contribution in [0.5, 0.6) is 0 Å². The molecule has 0 fully saturated rings. The third kappa shape index (κ3) is 3.08. The van der Waals surface area contributed by atoms with Crippen LogP contribution in [-0.4, -0.2) is 5.78 Å². The Labute approximate surface area is 78.4 Å². The SMILES string of the molecule is C=C(C)C(=O)C=Cc1ccccc1. The summed E-state index contributed by atoms with van der Waals surface area (Å²) in [5, 5.41) is 0. The second-order valence-electron chi connectivity index (χ2n) is 2.89. The van der Waals surface area contributed by atoms with Gasteiger partial charge in [0, 0.05) is 0 Å². The highest BCUT2D eigenvalue weighted by Gasteiger charge is 1.94. The predicted molar refractivity (Wildman–Crippen MR) is 55.3 cm³/mol. The minimum absolute atomic E-state index is 0.0242. The number of benzene rings is 1. The van der Waals surface area contributed by atoms with E-state index in [1.807, 2.05) is 30.3 Å². The lowest BCUT2D eigenvalue weighted by molar-refractivity contribution is -0.111. The molecule has 0 amide bonds. The summed E-state index contributed by atoms with van der Waals surface area (Å²) < 4.78 is 0. The van der Waals surface area contributed by atoms with Gasteiger partial charge in [-0.25, -0.2) is 0 Å². The summed E-state index contributed by atoms with van der Waals surface area (Å²) in [5.41, 5.74) is 1.59. The molecule has 0 aliphatic heterocycles. The fourth-order valence-electron chi connectivity index (χ4n) is 0.878. The molecular weight excluding hydrogens is 160 g/mol. The molecule has 0 N–H and O–H groups in total. The Hall–Kier alpha value is -1.63. The molecule has 1 rings (SSSR count). The van der Waals surface area contributed by atoms with E-state index in [9.17, 15) is 4.79 Å². The normalized spacial score (nSPS) is 10.2. The molecule has 1 heteroatoms. The summed E-state index contributed by atoms with van der Waals surface area (Å²) in [4.78, 5) is 11.1. The van der Waals surface area contributed by atoms with Crippen LogP contribution < -0.4 is 0 Å². The molecule has 0 bridgehead atoms. The highest BCUT2D eigenvalue weighted by atomic mass is 16.1. The van der Waals surface area contributed by atoms with Crippen molar-refractivity contribution in [2.75, 3.05) is 0 Å². The van der Waals surface area contributed by atoms with E-state index in [-0.39, 0.29) is 5.78 Å². The molecule has 0 atom stereocenters. The summed E-state index contributed by atoms with van der Waals surface area (Å²) >= 11 is 0. The van der Waals surface area contributed by atoms with Crippen molar-refractivity contribution >= 4 is 11.9 Å². The van der Waals surface area contributed by atoms with Crippen LogP contribution in [0.25, 0.3) is 6.08 Å². The van der Waals surface area contributed by atoms with Crippen molar-refractivity contribution in [1.82, 2.24) is 0 Å². The average molecular weight is 172 g/mol. The van der Waals surface area contributed by atoms with Crippen LogP contribution >= 0.6 is 0 Å². The molecule has 0 aliphatic rings. The fraction of sp³-hybridized carbons (Fsp3) is 0.0833. The van der Waals surface area contributed by atoms with Crippen molar-refractivity contribution < 1.29 is 4.79 Å². The van der Waals surface area contributed by atoms with Crippen molar-refractivity contribution in [1.29, 1.82) is 0 Å². The van der Waals surface area contributed by atoms with Gasteiger partial charge in [0.25, 0.3) is 0 Å². The van der Waals surface area contributed by atoms with E-state index in [2.05, 4.69) is 6.58 Å². The smallest absolute Gasteiger partial charge is 0.180 e. The Morgan fingerprint density at radius 3 is 2.46 bits per heavy atom. The Balaban J connectivity index is 2.70. The van der Waals surface area contributed by atoms with Gasteiger partial charge in [0.1, 0.15) is 0 Å². The van der Waals surface area contributed by atoms with Crippen molar-refractivity contribution in [2.45, 2.75) is 6.92 Å². The monoisotopic (exact) mass is 172 g/mol. The summed E-state index contributed by atoms with van der Waals surface area (Å²) in [6.07, 6.45) is 3.33. The molecule has 0 saturated carbocycles. The quantitative estimate of drug-likeness (QED) is 0.641. The van der Waals surface area contributed by atoms with E-state index in [4.69, 9.17) is 0 Å². The van der Waals surface area contributed by atoms with Gasteiger partial charge < -0.3 is 0 Å². The average Bonchev–Trinajstić information content (AvgIpc) is 2.15. The van der Waals surface area contributed by atoms with Crippen molar-refractivity contribution in [3.63, 3.8) is 0 Å². The molecule has 0 spiro atoms. The molecule has 0 radical (unpaired) electrons. The van der Waals surface area contributed by atoms with Gasteiger partial charge in [-0.1, -0.05) is 43.0 Å². The molecular formula is C12H12O. The standard InChI is InChI=1S/C12H12O/c1-10(2)12(13)9-8-11-6-4-3-5-7-11/h3-9H,1H2,2H3. The Morgan fingerprint density at radius 2 is 1.92 bits per heavy atom.